The molecular formula is C12H18ClN3O. The molecule has 1 fully saturated rings. The second kappa shape index (κ2) is 4.78. The number of nitrogens with zero attached hydrogens (tertiary/aromatic N) is 3. The van der Waals surface area contributed by atoms with E-state index in [-0.39, 0.29) is 5.28 Å². The maximum absolute atomic E-state index is 10.1. The minimum atomic E-state index is -0.556. The van der Waals surface area contributed by atoms with Gasteiger partial charge in [0.25, 0.3) is 0 Å². The van der Waals surface area contributed by atoms with E-state index in [1.54, 1.807) is 6.20 Å². The minimum absolute atomic E-state index is 0.279. The lowest BCUT2D eigenvalue weighted by Gasteiger charge is -2.24. The van der Waals surface area contributed by atoms with Crippen LogP contribution in [-0.4, -0.2) is 33.8 Å². The van der Waals surface area contributed by atoms with Crippen LogP contribution < -0.4 is 4.90 Å². The number of hydrogen-bond acceptors (Lipinski definition) is 4. The van der Waals surface area contributed by atoms with E-state index in [0.29, 0.717) is 0 Å². The Morgan fingerprint density at radius 2 is 2.18 bits per heavy atom. The molecule has 1 aliphatic heterocycles. The monoisotopic (exact) mass is 255 g/mol. The standard InChI is InChI=1S/C12H18ClN3O/c1-9-8-14-11(13)15-10(9)16-6-3-4-12(2,17)5-7-16/h8,17H,3-7H2,1-2H3. The molecule has 1 aliphatic rings. The second-order valence-corrected chi connectivity index (χ2v) is 5.32. The van der Waals surface area contributed by atoms with Gasteiger partial charge in [0.1, 0.15) is 5.82 Å². The molecule has 0 bridgehead atoms. The van der Waals surface area contributed by atoms with Gasteiger partial charge >= 0.3 is 0 Å². The van der Waals surface area contributed by atoms with Crippen LogP contribution in [0, 0.1) is 6.92 Å². The van der Waals surface area contributed by atoms with Gasteiger partial charge in [-0.2, -0.15) is 0 Å². The molecule has 4 nitrogen and oxygen atoms in total. The van der Waals surface area contributed by atoms with Gasteiger partial charge in [-0.1, -0.05) is 0 Å². The number of aryl methyl sites for hydroxylation is 1. The van der Waals surface area contributed by atoms with Crippen LogP contribution in [-0.2, 0) is 0 Å². The van der Waals surface area contributed by atoms with Crippen molar-refractivity contribution in [3.8, 4) is 0 Å². The lowest BCUT2D eigenvalue weighted by molar-refractivity contribution is 0.0481. The summed E-state index contributed by atoms with van der Waals surface area (Å²) in [4.78, 5) is 10.4. The van der Waals surface area contributed by atoms with Crippen molar-refractivity contribution in [2.75, 3.05) is 18.0 Å². The molecule has 0 amide bonds. The number of halogens is 1. The molecule has 0 radical (unpaired) electrons. The molecule has 94 valence electrons. The van der Waals surface area contributed by atoms with Crippen LogP contribution in [0.2, 0.25) is 5.28 Å². The Morgan fingerprint density at radius 1 is 1.41 bits per heavy atom. The molecular weight excluding hydrogens is 238 g/mol. The van der Waals surface area contributed by atoms with Crippen LogP contribution in [0.1, 0.15) is 31.7 Å². The summed E-state index contributed by atoms with van der Waals surface area (Å²) in [5.74, 6) is 0.891. The van der Waals surface area contributed by atoms with Crippen LogP contribution in [0.3, 0.4) is 0 Å². The Bertz CT molecular complexity index is 409. The Balaban J connectivity index is 2.19. The van der Waals surface area contributed by atoms with E-state index in [9.17, 15) is 5.11 Å². The van der Waals surface area contributed by atoms with Crippen LogP contribution in [0.5, 0.6) is 0 Å². The highest BCUT2D eigenvalue weighted by Crippen LogP contribution is 2.26. The van der Waals surface area contributed by atoms with Gasteiger partial charge in [0.2, 0.25) is 5.28 Å². The lowest BCUT2D eigenvalue weighted by atomic mass is 9.98. The summed E-state index contributed by atoms with van der Waals surface area (Å²) >= 11 is 5.83. The van der Waals surface area contributed by atoms with Crippen molar-refractivity contribution < 1.29 is 5.11 Å². The van der Waals surface area contributed by atoms with Gasteiger partial charge in [0.15, 0.2) is 0 Å². The minimum Gasteiger partial charge on any atom is -0.390 e. The fourth-order valence-corrected chi connectivity index (χ4v) is 2.34. The summed E-state index contributed by atoms with van der Waals surface area (Å²) in [5.41, 5.74) is 0.468. The van der Waals surface area contributed by atoms with Gasteiger partial charge in [-0.3, -0.25) is 0 Å². The van der Waals surface area contributed by atoms with Gasteiger partial charge in [0, 0.05) is 24.8 Å². The molecule has 1 aromatic rings. The predicted octanol–water partition coefficient (Wildman–Crippen LogP) is 2.18. The molecule has 2 rings (SSSR count). The van der Waals surface area contributed by atoms with Gasteiger partial charge in [-0.25, -0.2) is 9.97 Å². The normalized spacial score (nSPS) is 25.8. The SMILES string of the molecule is Cc1cnc(Cl)nc1N1CCCC(C)(O)CC1. The smallest absolute Gasteiger partial charge is 0.224 e. The first-order chi connectivity index (χ1) is 7.98. The van der Waals surface area contributed by atoms with Gasteiger partial charge < -0.3 is 10.0 Å². The van der Waals surface area contributed by atoms with Gasteiger partial charge in [0.05, 0.1) is 5.60 Å². The highest BCUT2D eigenvalue weighted by Gasteiger charge is 2.26. The molecule has 5 heteroatoms. The van der Waals surface area contributed by atoms with Crippen molar-refractivity contribution in [1.82, 2.24) is 9.97 Å². The van der Waals surface area contributed by atoms with Crippen molar-refractivity contribution in [2.45, 2.75) is 38.7 Å². The second-order valence-electron chi connectivity index (χ2n) is 4.98. The van der Waals surface area contributed by atoms with E-state index in [2.05, 4.69) is 14.9 Å². The molecule has 2 heterocycles. The molecule has 0 aliphatic carbocycles. The summed E-state index contributed by atoms with van der Waals surface area (Å²) < 4.78 is 0. The third-order valence-electron chi connectivity index (χ3n) is 3.28. The topological polar surface area (TPSA) is 49.2 Å². The van der Waals surface area contributed by atoms with Crippen molar-refractivity contribution in [1.29, 1.82) is 0 Å². The van der Waals surface area contributed by atoms with Crippen LogP contribution in [0.15, 0.2) is 6.20 Å². The molecule has 1 N–H and O–H groups in total. The van der Waals surface area contributed by atoms with Crippen molar-refractivity contribution in [3.05, 3.63) is 17.0 Å². The lowest BCUT2D eigenvalue weighted by Crippen LogP contribution is -2.29. The number of aromatic nitrogens is 2. The number of anilines is 1. The fourth-order valence-electron chi connectivity index (χ4n) is 2.21. The molecule has 0 saturated carbocycles. The highest BCUT2D eigenvalue weighted by molar-refractivity contribution is 6.28. The Kier molecular flexibility index (Phi) is 3.54. The number of rotatable bonds is 1. The van der Waals surface area contributed by atoms with Crippen LogP contribution in [0.25, 0.3) is 0 Å². The first kappa shape index (κ1) is 12.6. The molecule has 1 saturated heterocycles. The number of hydrogen-bond donors (Lipinski definition) is 1. The van der Waals surface area contributed by atoms with Crippen molar-refractivity contribution in [3.63, 3.8) is 0 Å². The van der Waals surface area contributed by atoms with E-state index in [1.807, 2.05) is 13.8 Å². The maximum atomic E-state index is 10.1. The van der Waals surface area contributed by atoms with E-state index >= 15 is 0 Å². The zero-order chi connectivity index (χ0) is 12.5. The fraction of sp³-hybridized carbons (Fsp3) is 0.667. The average molecular weight is 256 g/mol. The van der Waals surface area contributed by atoms with E-state index in [1.165, 1.54) is 0 Å². The summed E-state index contributed by atoms with van der Waals surface area (Å²) in [7, 11) is 0. The summed E-state index contributed by atoms with van der Waals surface area (Å²) in [5, 5.41) is 10.3. The molecule has 1 atom stereocenters. The quantitative estimate of drug-likeness (QED) is 0.782. The summed E-state index contributed by atoms with van der Waals surface area (Å²) in [6.45, 7) is 5.59. The Hall–Kier alpha value is -0.870. The molecule has 17 heavy (non-hydrogen) atoms. The predicted molar refractivity (Wildman–Crippen MR) is 68.5 cm³/mol. The summed E-state index contributed by atoms with van der Waals surface area (Å²) in [6.07, 6.45) is 4.30. The molecule has 0 spiro atoms. The third-order valence-corrected chi connectivity index (χ3v) is 3.46. The largest absolute Gasteiger partial charge is 0.390 e. The zero-order valence-electron chi connectivity index (χ0n) is 10.3. The first-order valence-corrected chi connectivity index (χ1v) is 6.32. The first-order valence-electron chi connectivity index (χ1n) is 5.94. The maximum Gasteiger partial charge on any atom is 0.224 e. The molecule has 1 aromatic heterocycles. The van der Waals surface area contributed by atoms with Crippen LogP contribution >= 0.6 is 11.6 Å². The van der Waals surface area contributed by atoms with Crippen molar-refractivity contribution >= 4 is 17.4 Å². The Morgan fingerprint density at radius 3 is 2.94 bits per heavy atom. The highest BCUT2D eigenvalue weighted by atomic mass is 35.5. The van der Waals surface area contributed by atoms with E-state index in [0.717, 1.165) is 43.7 Å². The number of aliphatic hydroxyl groups is 1. The van der Waals surface area contributed by atoms with Crippen LogP contribution in [0.4, 0.5) is 5.82 Å². The molecule has 1 unspecified atom stereocenters. The molecule has 0 aromatic carbocycles. The zero-order valence-corrected chi connectivity index (χ0v) is 11.0. The third kappa shape index (κ3) is 3.07. The van der Waals surface area contributed by atoms with E-state index in [4.69, 9.17) is 11.6 Å². The summed E-state index contributed by atoms with van der Waals surface area (Å²) in [6, 6.07) is 0. The Labute approximate surface area is 107 Å². The van der Waals surface area contributed by atoms with E-state index < -0.39 is 5.60 Å². The van der Waals surface area contributed by atoms with Crippen molar-refractivity contribution in [2.24, 2.45) is 0 Å². The van der Waals surface area contributed by atoms with Gasteiger partial charge in [-0.05, 0) is 44.7 Å². The average Bonchev–Trinajstić information content (AvgIpc) is 2.43. The van der Waals surface area contributed by atoms with Gasteiger partial charge in [-0.15, -0.1) is 0 Å².